The first kappa shape index (κ1) is 22.5. The first-order valence-electron chi connectivity index (χ1n) is 10.1. The molecule has 33 heavy (non-hydrogen) atoms. The number of anilines is 1. The molecule has 1 aromatic heterocycles. The maximum absolute atomic E-state index is 12.9. The van der Waals surface area contributed by atoms with Crippen LogP contribution in [0.25, 0.3) is 10.2 Å². The smallest absolute Gasteiger partial charge is 0.279 e. The number of aryl methyl sites for hydroxylation is 1. The van der Waals surface area contributed by atoms with Crippen LogP contribution in [-0.4, -0.2) is 25.9 Å². The largest absolute Gasteiger partial charge is 0.304 e. The van der Waals surface area contributed by atoms with Gasteiger partial charge in [0, 0.05) is 12.6 Å². The van der Waals surface area contributed by atoms with Gasteiger partial charge in [-0.1, -0.05) is 47.6 Å². The molecule has 0 aliphatic carbocycles. The normalized spacial score (nSPS) is 12.0. The van der Waals surface area contributed by atoms with Crippen molar-refractivity contribution in [2.75, 3.05) is 11.4 Å². The molecular formula is C25H21N3O3S2. The highest BCUT2D eigenvalue weighted by Gasteiger charge is 2.21. The van der Waals surface area contributed by atoms with Gasteiger partial charge in [-0.15, -0.1) is 6.42 Å². The second-order valence-corrected chi connectivity index (χ2v) is 10.3. The van der Waals surface area contributed by atoms with E-state index in [9.17, 15) is 13.2 Å². The van der Waals surface area contributed by atoms with Gasteiger partial charge in [0.2, 0.25) is 0 Å². The van der Waals surface area contributed by atoms with Gasteiger partial charge in [-0.05, 0) is 55.0 Å². The zero-order valence-corrected chi connectivity index (χ0v) is 19.7. The minimum atomic E-state index is -3.76. The molecule has 4 rings (SSSR count). The number of terminal acetylenes is 1. The summed E-state index contributed by atoms with van der Waals surface area (Å²) in [6, 6.07) is 20.5. The van der Waals surface area contributed by atoms with Crippen molar-refractivity contribution < 1.29 is 13.2 Å². The van der Waals surface area contributed by atoms with Crippen LogP contribution in [0.4, 0.5) is 5.69 Å². The van der Waals surface area contributed by atoms with Gasteiger partial charge < -0.3 is 4.57 Å². The van der Waals surface area contributed by atoms with Crippen LogP contribution in [0.15, 0.2) is 82.7 Å². The molecule has 166 valence electrons. The molecule has 0 N–H and O–H groups in total. The lowest BCUT2D eigenvalue weighted by molar-refractivity contribution is 0.0998. The molecule has 1 heterocycles. The Balaban J connectivity index is 1.68. The zero-order chi connectivity index (χ0) is 23.6. The summed E-state index contributed by atoms with van der Waals surface area (Å²) in [4.78, 5) is 17.7. The Labute approximate surface area is 196 Å². The molecule has 0 aliphatic heterocycles. The van der Waals surface area contributed by atoms with Crippen LogP contribution in [0.5, 0.6) is 0 Å². The number of fused-ring (bicyclic) bond motifs is 1. The summed E-state index contributed by atoms with van der Waals surface area (Å²) in [5.41, 5.74) is 2.84. The molecule has 0 fully saturated rings. The number of carbonyl (C=O) groups excluding carboxylic acids is 1. The van der Waals surface area contributed by atoms with Crippen LogP contribution >= 0.6 is 11.3 Å². The average Bonchev–Trinajstić information content (AvgIpc) is 3.17. The van der Waals surface area contributed by atoms with Crippen molar-refractivity contribution in [3.63, 3.8) is 0 Å². The van der Waals surface area contributed by atoms with Crippen LogP contribution in [0.1, 0.15) is 15.9 Å². The standard InChI is InChI=1S/C25H21N3O3S2/c1-4-17-28-23-18(2)9-8-12-22(23)32-25(28)26-24(29)19-13-15-21(16-14-19)33(30,31)27(3)20-10-6-5-7-11-20/h1,5-16H,17H2,2-3H3. The maximum atomic E-state index is 12.9. The Kier molecular flexibility index (Phi) is 6.18. The topological polar surface area (TPSA) is 71.7 Å². The molecule has 0 unspecified atom stereocenters. The second kappa shape index (κ2) is 9.06. The maximum Gasteiger partial charge on any atom is 0.279 e. The van der Waals surface area contributed by atoms with E-state index in [1.54, 1.807) is 24.3 Å². The Morgan fingerprint density at radius 1 is 1.06 bits per heavy atom. The van der Waals surface area contributed by atoms with E-state index in [0.29, 0.717) is 17.0 Å². The molecule has 0 spiro atoms. The number of carbonyl (C=O) groups is 1. The highest BCUT2D eigenvalue weighted by molar-refractivity contribution is 7.92. The molecule has 0 bridgehead atoms. The lowest BCUT2D eigenvalue weighted by atomic mass is 10.2. The second-order valence-electron chi connectivity index (χ2n) is 7.35. The van der Waals surface area contributed by atoms with E-state index in [1.165, 1.54) is 47.0 Å². The van der Waals surface area contributed by atoms with Gasteiger partial charge >= 0.3 is 0 Å². The number of nitrogens with zero attached hydrogens (tertiary/aromatic N) is 3. The lowest BCUT2D eigenvalue weighted by Gasteiger charge is -2.19. The first-order valence-corrected chi connectivity index (χ1v) is 12.3. The number of para-hydroxylation sites is 2. The van der Waals surface area contributed by atoms with E-state index in [2.05, 4.69) is 10.9 Å². The van der Waals surface area contributed by atoms with Gasteiger partial charge in [0.25, 0.3) is 15.9 Å². The lowest BCUT2D eigenvalue weighted by Crippen LogP contribution is -2.26. The Hall–Kier alpha value is -3.67. The molecule has 0 radical (unpaired) electrons. The van der Waals surface area contributed by atoms with Crippen LogP contribution in [0, 0.1) is 19.3 Å². The third-order valence-electron chi connectivity index (χ3n) is 5.23. The predicted molar refractivity (Wildman–Crippen MR) is 132 cm³/mol. The van der Waals surface area contributed by atoms with Crippen molar-refractivity contribution in [1.29, 1.82) is 0 Å². The highest BCUT2D eigenvalue weighted by Crippen LogP contribution is 2.23. The van der Waals surface area contributed by atoms with E-state index < -0.39 is 15.9 Å². The van der Waals surface area contributed by atoms with Crippen LogP contribution < -0.4 is 9.11 Å². The molecule has 0 atom stereocenters. The fourth-order valence-corrected chi connectivity index (χ4v) is 5.79. The minimum absolute atomic E-state index is 0.0882. The predicted octanol–water partition coefficient (Wildman–Crippen LogP) is 4.21. The van der Waals surface area contributed by atoms with Crippen LogP contribution in [-0.2, 0) is 16.6 Å². The Morgan fingerprint density at radius 3 is 2.42 bits per heavy atom. The van der Waals surface area contributed by atoms with Gasteiger partial charge in [0.1, 0.15) is 0 Å². The van der Waals surface area contributed by atoms with Crippen molar-refractivity contribution >= 4 is 43.2 Å². The van der Waals surface area contributed by atoms with Gasteiger partial charge in [0.15, 0.2) is 4.80 Å². The van der Waals surface area contributed by atoms with E-state index in [-0.39, 0.29) is 10.5 Å². The summed E-state index contributed by atoms with van der Waals surface area (Å²) in [5.74, 6) is 2.15. The van der Waals surface area contributed by atoms with Gasteiger partial charge in [-0.25, -0.2) is 8.42 Å². The van der Waals surface area contributed by atoms with Gasteiger partial charge in [-0.2, -0.15) is 4.99 Å². The van der Waals surface area contributed by atoms with Crippen LogP contribution in [0.2, 0.25) is 0 Å². The third-order valence-corrected chi connectivity index (χ3v) is 8.07. The molecule has 3 aromatic carbocycles. The molecular weight excluding hydrogens is 454 g/mol. The highest BCUT2D eigenvalue weighted by atomic mass is 32.2. The number of hydrogen-bond acceptors (Lipinski definition) is 4. The number of sulfonamides is 1. The number of rotatable bonds is 5. The molecule has 6 nitrogen and oxygen atoms in total. The molecule has 1 amide bonds. The van der Waals surface area contributed by atoms with Crippen molar-refractivity contribution in [2.45, 2.75) is 18.4 Å². The summed E-state index contributed by atoms with van der Waals surface area (Å²) >= 11 is 1.39. The van der Waals surface area contributed by atoms with Crippen molar-refractivity contribution in [2.24, 2.45) is 4.99 Å². The fourth-order valence-electron chi connectivity index (χ4n) is 3.49. The summed E-state index contributed by atoms with van der Waals surface area (Å²) < 4.78 is 29.9. The number of aromatic nitrogens is 1. The third kappa shape index (κ3) is 4.33. The summed E-state index contributed by atoms with van der Waals surface area (Å²) in [5, 5.41) is 0. The van der Waals surface area contributed by atoms with Crippen LogP contribution in [0.3, 0.4) is 0 Å². The molecule has 4 aromatic rings. The number of benzene rings is 3. The number of thiazole rings is 1. The monoisotopic (exact) mass is 475 g/mol. The average molecular weight is 476 g/mol. The number of amides is 1. The van der Waals surface area contributed by atoms with Gasteiger partial charge in [-0.3, -0.25) is 9.10 Å². The summed E-state index contributed by atoms with van der Waals surface area (Å²) in [7, 11) is -2.27. The Morgan fingerprint density at radius 2 is 1.76 bits per heavy atom. The number of hydrogen-bond donors (Lipinski definition) is 0. The summed E-state index contributed by atoms with van der Waals surface area (Å²) in [6.07, 6.45) is 5.54. The fraction of sp³-hybridized carbons (Fsp3) is 0.120. The zero-order valence-electron chi connectivity index (χ0n) is 18.1. The van der Waals surface area contributed by atoms with E-state index in [4.69, 9.17) is 6.42 Å². The molecule has 0 saturated carbocycles. The molecule has 8 heteroatoms. The van der Waals surface area contributed by atoms with E-state index >= 15 is 0 Å². The van der Waals surface area contributed by atoms with E-state index in [0.717, 1.165) is 15.8 Å². The van der Waals surface area contributed by atoms with Crippen molar-refractivity contribution in [1.82, 2.24) is 4.57 Å². The molecule has 0 saturated heterocycles. The SMILES string of the molecule is C#CCn1c(=NC(=O)c2ccc(S(=O)(=O)N(C)c3ccccc3)cc2)sc2cccc(C)c21. The summed E-state index contributed by atoms with van der Waals surface area (Å²) in [6.45, 7) is 2.28. The molecule has 0 aliphatic rings. The van der Waals surface area contributed by atoms with Crippen molar-refractivity contribution in [3.8, 4) is 12.3 Å². The quantitative estimate of drug-likeness (QED) is 0.406. The first-order chi connectivity index (χ1) is 15.8. The Bertz CT molecular complexity index is 1540. The van der Waals surface area contributed by atoms with Gasteiger partial charge in [0.05, 0.1) is 27.3 Å². The minimum Gasteiger partial charge on any atom is -0.304 e. The van der Waals surface area contributed by atoms with E-state index in [1.807, 2.05) is 35.8 Å². The van der Waals surface area contributed by atoms with Crippen molar-refractivity contribution in [3.05, 3.63) is 88.7 Å².